The zero-order chi connectivity index (χ0) is 14.8. The number of carbonyl (C=O) groups is 1. The minimum Gasteiger partial charge on any atom is -0.399 e. The average molecular weight is 277 g/mol. The van der Waals surface area contributed by atoms with E-state index in [1.165, 1.54) is 0 Å². The molecule has 0 bridgehead atoms. The lowest BCUT2D eigenvalue weighted by molar-refractivity contribution is 0.102. The molecule has 0 saturated carbocycles. The van der Waals surface area contributed by atoms with Gasteiger partial charge in [0.25, 0.3) is 5.91 Å². The Morgan fingerprint density at radius 2 is 1.95 bits per heavy atom. The topological polar surface area (TPSA) is 68.0 Å². The molecule has 0 radical (unpaired) electrons. The number of benzene rings is 2. The Morgan fingerprint density at radius 3 is 2.81 bits per heavy atom. The summed E-state index contributed by atoms with van der Waals surface area (Å²) in [5, 5.41) is 4.70. The maximum atomic E-state index is 12.5. The van der Waals surface area contributed by atoms with Gasteiger partial charge in [-0.2, -0.15) is 0 Å². The van der Waals surface area contributed by atoms with Gasteiger partial charge in [-0.05, 0) is 36.1 Å². The number of aromatic nitrogens is 1. The Bertz CT molecular complexity index is 822. The minimum atomic E-state index is -0.236. The molecule has 0 saturated heterocycles. The first-order valence-corrected chi connectivity index (χ1v) is 6.66. The van der Waals surface area contributed by atoms with E-state index in [4.69, 9.17) is 5.73 Å². The van der Waals surface area contributed by atoms with Crippen molar-refractivity contribution >= 4 is 28.1 Å². The van der Waals surface area contributed by atoms with Crippen molar-refractivity contribution in [3.8, 4) is 0 Å². The van der Waals surface area contributed by atoms with E-state index in [0.717, 1.165) is 16.3 Å². The average Bonchev–Trinajstić information content (AvgIpc) is 2.50. The summed E-state index contributed by atoms with van der Waals surface area (Å²) in [6, 6.07) is 15.0. The molecule has 4 heteroatoms. The Morgan fingerprint density at radius 1 is 1.14 bits per heavy atom. The highest BCUT2D eigenvalue weighted by molar-refractivity contribution is 6.11. The van der Waals surface area contributed by atoms with Gasteiger partial charge in [-0.15, -0.1) is 0 Å². The quantitative estimate of drug-likeness (QED) is 0.706. The highest BCUT2D eigenvalue weighted by Gasteiger charge is 2.12. The van der Waals surface area contributed by atoms with Crippen LogP contribution >= 0.6 is 0 Å². The molecule has 1 heterocycles. The number of nitrogen functional groups attached to an aromatic ring is 1. The van der Waals surface area contributed by atoms with E-state index in [2.05, 4.69) is 10.3 Å². The van der Waals surface area contributed by atoms with Crippen molar-refractivity contribution < 1.29 is 4.79 Å². The van der Waals surface area contributed by atoms with Crippen molar-refractivity contribution in [2.45, 2.75) is 6.92 Å². The molecular weight excluding hydrogens is 262 g/mol. The van der Waals surface area contributed by atoms with E-state index in [1.807, 2.05) is 43.3 Å². The van der Waals surface area contributed by atoms with Crippen molar-refractivity contribution in [3.05, 3.63) is 66.0 Å². The van der Waals surface area contributed by atoms with Gasteiger partial charge in [0.15, 0.2) is 0 Å². The number of nitrogens with zero attached hydrogens (tertiary/aromatic N) is 1. The van der Waals surface area contributed by atoms with E-state index >= 15 is 0 Å². The molecule has 0 aliphatic carbocycles. The number of pyridine rings is 1. The Hall–Kier alpha value is -2.88. The molecule has 4 nitrogen and oxygen atoms in total. The van der Waals surface area contributed by atoms with Crippen LogP contribution in [0.1, 0.15) is 16.1 Å². The predicted molar refractivity (Wildman–Crippen MR) is 85.3 cm³/mol. The number of amides is 1. The van der Waals surface area contributed by atoms with Crippen molar-refractivity contribution in [2.75, 3.05) is 11.1 Å². The van der Waals surface area contributed by atoms with Gasteiger partial charge < -0.3 is 11.1 Å². The van der Waals surface area contributed by atoms with E-state index < -0.39 is 0 Å². The smallest absolute Gasteiger partial charge is 0.274 e. The largest absolute Gasteiger partial charge is 0.399 e. The summed E-state index contributed by atoms with van der Waals surface area (Å²) in [5.41, 5.74) is 8.45. The van der Waals surface area contributed by atoms with Gasteiger partial charge in [-0.1, -0.05) is 30.3 Å². The molecule has 0 atom stereocenters. The van der Waals surface area contributed by atoms with Crippen LogP contribution in [-0.2, 0) is 0 Å². The number of hydrogen-bond acceptors (Lipinski definition) is 3. The number of carbonyl (C=O) groups excluding carboxylic acids is 1. The molecule has 1 aromatic heterocycles. The first-order chi connectivity index (χ1) is 10.1. The van der Waals surface area contributed by atoms with Crippen molar-refractivity contribution in [1.29, 1.82) is 0 Å². The SMILES string of the molecule is Cc1ccc(N)cc1NC(=O)c1nccc2ccccc12. The second-order valence-corrected chi connectivity index (χ2v) is 4.91. The third kappa shape index (κ3) is 2.56. The van der Waals surface area contributed by atoms with Crippen LogP contribution in [0.3, 0.4) is 0 Å². The summed E-state index contributed by atoms with van der Waals surface area (Å²) in [5.74, 6) is -0.236. The van der Waals surface area contributed by atoms with Gasteiger partial charge >= 0.3 is 0 Å². The fourth-order valence-electron chi connectivity index (χ4n) is 2.26. The molecule has 3 aromatic rings. The third-order valence-electron chi connectivity index (χ3n) is 3.40. The second kappa shape index (κ2) is 5.25. The number of fused-ring (bicyclic) bond motifs is 1. The van der Waals surface area contributed by atoms with Crippen molar-refractivity contribution in [2.24, 2.45) is 0 Å². The van der Waals surface area contributed by atoms with Gasteiger partial charge in [0.05, 0.1) is 0 Å². The second-order valence-electron chi connectivity index (χ2n) is 4.91. The highest BCUT2D eigenvalue weighted by Crippen LogP contribution is 2.21. The highest BCUT2D eigenvalue weighted by atomic mass is 16.1. The monoisotopic (exact) mass is 277 g/mol. The van der Waals surface area contributed by atoms with E-state index in [-0.39, 0.29) is 5.91 Å². The van der Waals surface area contributed by atoms with E-state index in [0.29, 0.717) is 17.1 Å². The molecule has 0 aliphatic heterocycles. The molecule has 3 N–H and O–H groups in total. The summed E-state index contributed by atoms with van der Waals surface area (Å²) >= 11 is 0. The van der Waals surface area contributed by atoms with Gasteiger partial charge in [0.1, 0.15) is 5.69 Å². The van der Waals surface area contributed by atoms with E-state index in [9.17, 15) is 4.79 Å². The number of hydrogen-bond donors (Lipinski definition) is 2. The van der Waals surface area contributed by atoms with Crippen LogP contribution in [0, 0.1) is 6.92 Å². The van der Waals surface area contributed by atoms with Crippen LogP contribution in [0.15, 0.2) is 54.7 Å². The molecule has 0 fully saturated rings. The maximum absolute atomic E-state index is 12.5. The van der Waals surface area contributed by atoms with Crippen LogP contribution in [0.2, 0.25) is 0 Å². The fraction of sp³-hybridized carbons (Fsp3) is 0.0588. The number of nitrogens with two attached hydrogens (primary N) is 1. The Kier molecular flexibility index (Phi) is 3.28. The normalized spacial score (nSPS) is 10.5. The predicted octanol–water partition coefficient (Wildman–Crippen LogP) is 3.38. The molecule has 0 unspecified atom stereocenters. The Labute approximate surface area is 122 Å². The molecule has 104 valence electrons. The zero-order valence-corrected chi connectivity index (χ0v) is 11.6. The maximum Gasteiger partial charge on any atom is 0.274 e. The number of nitrogens with one attached hydrogen (secondary N) is 1. The molecule has 3 rings (SSSR count). The molecule has 21 heavy (non-hydrogen) atoms. The van der Waals surface area contributed by atoms with Crippen LogP contribution < -0.4 is 11.1 Å². The third-order valence-corrected chi connectivity index (χ3v) is 3.40. The van der Waals surface area contributed by atoms with Gasteiger partial charge in [0.2, 0.25) is 0 Å². The molecule has 2 aromatic carbocycles. The molecule has 0 aliphatic rings. The summed E-state index contributed by atoms with van der Waals surface area (Å²) in [6.45, 7) is 1.92. The summed E-state index contributed by atoms with van der Waals surface area (Å²) in [4.78, 5) is 16.7. The van der Waals surface area contributed by atoms with Gasteiger partial charge in [0, 0.05) is 23.0 Å². The molecule has 0 spiro atoms. The molecule has 1 amide bonds. The van der Waals surface area contributed by atoms with Crippen LogP contribution in [0.25, 0.3) is 10.8 Å². The summed E-state index contributed by atoms with van der Waals surface area (Å²) < 4.78 is 0. The van der Waals surface area contributed by atoms with Crippen molar-refractivity contribution in [1.82, 2.24) is 4.98 Å². The zero-order valence-electron chi connectivity index (χ0n) is 11.6. The van der Waals surface area contributed by atoms with E-state index in [1.54, 1.807) is 18.3 Å². The van der Waals surface area contributed by atoms with Gasteiger partial charge in [-0.25, -0.2) is 0 Å². The lowest BCUT2D eigenvalue weighted by Crippen LogP contribution is -2.15. The van der Waals surface area contributed by atoms with Crippen molar-refractivity contribution in [3.63, 3.8) is 0 Å². The molecular formula is C17H15N3O. The number of anilines is 2. The lowest BCUT2D eigenvalue weighted by Gasteiger charge is -2.10. The first kappa shape index (κ1) is 13.1. The number of rotatable bonds is 2. The van der Waals surface area contributed by atoms with Crippen LogP contribution in [0.4, 0.5) is 11.4 Å². The Balaban J connectivity index is 1.99. The minimum absolute atomic E-state index is 0.236. The standard InChI is InChI=1S/C17H15N3O/c1-11-6-7-13(18)10-15(11)20-17(21)16-14-5-3-2-4-12(14)8-9-19-16/h2-10H,18H2,1H3,(H,20,21). The summed E-state index contributed by atoms with van der Waals surface area (Å²) in [7, 11) is 0. The lowest BCUT2D eigenvalue weighted by atomic mass is 10.1. The van der Waals surface area contributed by atoms with Crippen LogP contribution in [-0.4, -0.2) is 10.9 Å². The fourth-order valence-corrected chi connectivity index (χ4v) is 2.26. The summed E-state index contributed by atoms with van der Waals surface area (Å²) in [6.07, 6.45) is 1.64. The van der Waals surface area contributed by atoms with Gasteiger partial charge in [-0.3, -0.25) is 9.78 Å². The number of aryl methyl sites for hydroxylation is 1. The first-order valence-electron chi connectivity index (χ1n) is 6.66. The van der Waals surface area contributed by atoms with Crippen LogP contribution in [0.5, 0.6) is 0 Å².